The van der Waals surface area contributed by atoms with E-state index < -0.39 is 17.0 Å². The molecule has 1 N–H and O–H groups in total. The van der Waals surface area contributed by atoms with Gasteiger partial charge in [-0.3, -0.25) is 9.59 Å². The highest BCUT2D eigenvalue weighted by Gasteiger charge is 2.45. The highest BCUT2D eigenvalue weighted by atomic mass is 16.6. The summed E-state index contributed by atoms with van der Waals surface area (Å²) >= 11 is 0. The van der Waals surface area contributed by atoms with Crippen molar-refractivity contribution in [2.24, 2.45) is 5.41 Å². The normalized spacial score (nSPS) is 19.1. The lowest BCUT2D eigenvalue weighted by Crippen LogP contribution is -2.40. The van der Waals surface area contributed by atoms with Crippen LogP contribution in [0.1, 0.15) is 117 Å². The smallest absolute Gasteiger partial charge is 0.334 e. The fourth-order valence-electron chi connectivity index (χ4n) is 4.10. The van der Waals surface area contributed by atoms with Crippen molar-refractivity contribution in [3.05, 3.63) is 11.6 Å². The van der Waals surface area contributed by atoms with Gasteiger partial charge in [0.2, 0.25) is 0 Å². The molecule has 1 fully saturated rings. The first-order valence-electron chi connectivity index (χ1n) is 13.5. The van der Waals surface area contributed by atoms with Gasteiger partial charge in [0.15, 0.2) is 5.60 Å². The van der Waals surface area contributed by atoms with E-state index in [9.17, 15) is 19.5 Å². The highest BCUT2D eigenvalue weighted by Crippen LogP contribution is 2.32. The van der Waals surface area contributed by atoms with E-state index in [1.807, 2.05) is 6.08 Å². The molecule has 202 valence electrons. The Hall–Kier alpha value is -1.89. The minimum Gasteiger partial charge on any atom is -0.468 e. The van der Waals surface area contributed by atoms with Gasteiger partial charge in [-0.1, -0.05) is 76.7 Å². The highest BCUT2D eigenvalue weighted by molar-refractivity contribution is 5.91. The Kier molecular flexibility index (Phi) is 15.6. The third-order valence-corrected chi connectivity index (χ3v) is 6.38. The predicted molar refractivity (Wildman–Crippen MR) is 136 cm³/mol. The third kappa shape index (κ3) is 13.7. The first-order chi connectivity index (χ1) is 16.7. The van der Waals surface area contributed by atoms with Gasteiger partial charge in [-0.25, -0.2) is 4.79 Å². The molecule has 1 atom stereocenters. The number of aliphatic hydroxyl groups excluding tert-OH is 1. The summed E-state index contributed by atoms with van der Waals surface area (Å²) < 4.78 is 15.4. The molecule has 35 heavy (non-hydrogen) atoms. The SMILES string of the molecule is CC(C)(C)C(=O)OCC1(CO)C/C(=C\CCCCCCCCCCCCCCCOC=O)C(=O)O1. The predicted octanol–water partition coefficient (Wildman–Crippen LogP) is 5.81. The van der Waals surface area contributed by atoms with E-state index in [0.717, 1.165) is 32.1 Å². The molecule has 1 aliphatic heterocycles. The second-order valence-electron chi connectivity index (χ2n) is 10.8. The van der Waals surface area contributed by atoms with Crippen molar-refractivity contribution in [2.75, 3.05) is 19.8 Å². The van der Waals surface area contributed by atoms with Crippen LogP contribution in [-0.2, 0) is 28.6 Å². The number of cyclic esters (lactones) is 1. The lowest BCUT2D eigenvalue weighted by molar-refractivity contribution is -0.171. The molecule has 1 aliphatic rings. The molecule has 0 radical (unpaired) electrons. The Bertz CT molecular complexity index is 650. The third-order valence-electron chi connectivity index (χ3n) is 6.38. The first-order valence-corrected chi connectivity index (χ1v) is 13.5. The molecule has 0 bridgehead atoms. The number of rotatable bonds is 20. The van der Waals surface area contributed by atoms with Gasteiger partial charge in [-0.2, -0.15) is 0 Å². The van der Waals surface area contributed by atoms with Crippen molar-refractivity contribution >= 4 is 18.4 Å². The average Bonchev–Trinajstić information content (AvgIpc) is 3.14. The standard InChI is InChI=1S/C28H48O7/c1-27(2,3)26(32)34-22-28(21-29)20-24(25(31)35-28)18-16-14-12-10-8-6-4-5-7-9-11-13-15-17-19-33-23-30/h18,23,29H,4-17,19-22H2,1-3H3/b24-18+. The van der Waals surface area contributed by atoms with Crippen molar-refractivity contribution in [1.29, 1.82) is 0 Å². The quantitative estimate of drug-likeness (QED) is 0.0746. The van der Waals surface area contributed by atoms with Crippen LogP contribution in [-0.4, -0.2) is 48.9 Å². The Balaban J connectivity index is 2.06. The van der Waals surface area contributed by atoms with Crippen LogP contribution in [0.15, 0.2) is 11.6 Å². The van der Waals surface area contributed by atoms with Gasteiger partial charge in [-0.15, -0.1) is 0 Å². The number of allylic oxidation sites excluding steroid dienone is 1. The molecule has 0 amide bonds. The Morgan fingerprint density at radius 1 is 0.943 bits per heavy atom. The maximum Gasteiger partial charge on any atom is 0.334 e. The molecule has 0 saturated carbocycles. The number of hydrogen-bond donors (Lipinski definition) is 1. The van der Waals surface area contributed by atoms with Crippen LogP contribution in [0.4, 0.5) is 0 Å². The molecule has 0 aliphatic carbocycles. The Labute approximate surface area is 212 Å². The summed E-state index contributed by atoms with van der Waals surface area (Å²) in [6.07, 6.45) is 18.7. The monoisotopic (exact) mass is 496 g/mol. The zero-order chi connectivity index (χ0) is 26.0. The van der Waals surface area contributed by atoms with Crippen molar-refractivity contribution in [2.45, 2.75) is 123 Å². The molecule has 1 heterocycles. The second kappa shape index (κ2) is 17.5. The minimum atomic E-state index is -1.16. The van der Waals surface area contributed by atoms with Crippen LogP contribution in [0.5, 0.6) is 0 Å². The summed E-state index contributed by atoms with van der Waals surface area (Å²) in [7, 11) is 0. The Morgan fingerprint density at radius 3 is 1.94 bits per heavy atom. The fraction of sp³-hybridized carbons (Fsp3) is 0.821. The van der Waals surface area contributed by atoms with E-state index in [-0.39, 0.29) is 25.6 Å². The molecule has 7 heteroatoms. The summed E-state index contributed by atoms with van der Waals surface area (Å²) in [5, 5.41) is 9.78. The maximum atomic E-state index is 12.2. The molecule has 0 aromatic heterocycles. The maximum absolute atomic E-state index is 12.2. The number of carbonyl (C=O) groups is 3. The number of unbranched alkanes of at least 4 members (excludes halogenated alkanes) is 13. The molecular formula is C28H48O7. The second-order valence-corrected chi connectivity index (χ2v) is 10.8. The van der Waals surface area contributed by atoms with Crippen LogP contribution in [0.25, 0.3) is 0 Å². The largest absolute Gasteiger partial charge is 0.468 e. The molecule has 1 saturated heterocycles. The van der Waals surface area contributed by atoms with Gasteiger partial charge in [-0.05, 0) is 40.0 Å². The lowest BCUT2D eigenvalue weighted by atomic mass is 9.96. The molecule has 7 nitrogen and oxygen atoms in total. The van der Waals surface area contributed by atoms with E-state index in [2.05, 4.69) is 4.74 Å². The van der Waals surface area contributed by atoms with E-state index in [1.54, 1.807) is 20.8 Å². The van der Waals surface area contributed by atoms with Crippen molar-refractivity contribution in [1.82, 2.24) is 0 Å². The van der Waals surface area contributed by atoms with Crippen molar-refractivity contribution < 1.29 is 33.7 Å². The molecule has 1 rings (SSSR count). The van der Waals surface area contributed by atoms with E-state index in [4.69, 9.17) is 9.47 Å². The van der Waals surface area contributed by atoms with E-state index in [0.29, 0.717) is 18.7 Å². The van der Waals surface area contributed by atoms with Gasteiger partial charge in [0.25, 0.3) is 6.47 Å². The number of aliphatic hydroxyl groups is 1. The zero-order valence-electron chi connectivity index (χ0n) is 22.3. The summed E-state index contributed by atoms with van der Waals surface area (Å²) in [4.78, 5) is 34.3. The first kappa shape index (κ1) is 31.1. The number of hydrogen-bond acceptors (Lipinski definition) is 7. The summed E-state index contributed by atoms with van der Waals surface area (Å²) in [6.45, 7) is 5.85. The molecule has 0 spiro atoms. The van der Waals surface area contributed by atoms with Crippen LogP contribution in [0.3, 0.4) is 0 Å². The van der Waals surface area contributed by atoms with E-state index in [1.165, 1.54) is 57.8 Å². The van der Waals surface area contributed by atoms with Gasteiger partial charge < -0.3 is 19.3 Å². The molecule has 1 unspecified atom stereocenters. The topological polar surface area (TPSA) is 99.1 Å². The van der Waals surface area contributed by atoms with Crippen molar-refractivity contribution in [3.8, 4) is 0 Å². The fourth-order valence-corrected chi connectivity index (χ4v) is 4.10. The van der Waals surface area contributed by atoms with Crippen LogP contribution < -0.4 is 0 Å². The summed E-state index contributed by atoms with van der Waals surface area (Å²) in [5.41, 5.74) is -1.23. The minimum absolute atomic E-state index is 0.124. The van der Waals surface area contributed by atoms with Crippen molar-refractivity contribution in [3.63, 3.8) is 0 Å². The summed E-state index contributed by atoms with van der Waals surface area (Å²) in [5.74, 6) is -0.800. The lowest BCUT2D eigenvalue weighted by Gasteiger charge is -2.26. The van der Waals surface area contributed by atoms with E-state index >= 15 is 0 Å². The van der Waals surface area contributed by atoms with Gasteiger partial charge in [0, 0.05) is 12.0 Å². The number of carbonyl (C=O) groups excluding carboxylic acids is 3. The van der Waals surface area contributed by atoms with Gasteiger partial charge >= 0.3 is 11.9 Å². The van der Waals surface area contributed by atoms with Crippen LogP contribution >= 0.6 is 0 Å². The zero-order valence-corrected chi connectivity index (χ0v) is 22.3. The molecule has 0 aromatic carbocycles. The number of ether oxygens (including phenoxy) is 3. The van der Waals surface area contributed by atoms with Crippen LogP contribution in [0.2, 0.25) is 0 Å². The molecular weight excluding hydrogens is 448 g/mol. The Morgan fingerprint density at radius 2 is 1.46 bits per heavy atom. The van der Waals surface area contributed by atoms with Crippen LogP contribution in [0, 0.1) is 5.41 Å². The summed E-state index contributed by atoms with van der Waals surface area (Å²) in [6, 6.07) is 0. The van der Waals surface area contributed by atoms with Gasteiger partial charge in [0.1, 0.15) is 6.61 Å². The molecule has 0 aromatic rings. The number of esters is 2. The van der Waals surface area contributed by atoms with Gasteiger partial charge in [0.05, 0.1) is 18.6 Å². The average molecular weight is 497 g/mol.